The van der Waals surface area contributed by atoms with Crippen LogP contribution in [-0.4, -0.2) is 63.9 Å². The molecule has 2 heterocycles. The van der Waals surface area contributed by atoms with Gasteiger partial charge in [0.2, 0.25) is 11.7 Å². The molecule has 1 aromatic carbocycles. The highest BCUT2D eigenvalue weighted by Crippen LogP contribution is 2.28. The van der Waals surface area contributed by atoms with Crippen molar-refractivity contribution in [3.63, 3.8) is 0 Å². The lowest BCUT2D eigenvalue weighted by molar-refractivity contribution is -0.407. The minimum Gasteiger partial charge on any atom is -0.325 e. The highest BCUT2D eigenvalue weighted by molar-refractivity contribution is 8.14. The summed E-state index contributed by atoms with van der Waals surface area (Å²) in [5.74, 6) is -1.14. The third kappa shape index (κ3) is 5.25. The van der Waals surface area contributed by atoms with Crippen LogP contribution in [0.1, 0.15) is 27.2 Å². The first-order valence-corrected chi connectivity index (χ1v) is 10.7. The smallest absolute Gasteiger partial charge is 0.325 e. The molecule has 2 aliphatic rings. The maximum Gasteiger partial charge on any atom is 0.445 e. The molecule has 164 valence electrons. The Morgan fingerprint density at radius 3 is 2.48 bits per heavy atom. The van der Waals surface area contributed by atoms with E-state index in [9.17, 15) is 18.8 Å². The van der Waals surface area contributed by atoms with E-state index in [2.05, 4.69) is 15.3 Å². The molecule has 0 bridgehead atoms. The van der Waals surface area contributed by atoms with Crippen molar-refractivity contribution in [2.75, 3.05) is 25.2 Å². The summed E-state index contributed by atoms with van der Waals surface area (Å²) in [5.41, 5.74) is 0.363. The minimum absolute atomic E-state index is 0.00254. The number of urea groups is 1. The van der Waals surface area contributed by atoms with Crippen molar-refractivity contribution in [1.29, 1.82) is 0 Å². The number of carbonyl (C=O) groups excluding carboxylic acids is 3. The van der Waals surface area contributed by atoms with E-state index in [4.69, 9.17) is 0 Å². The van der Waals surface area contributed by atoms with Crippen LogP contribution in [0.3, 0.4) is 0 Å². The van der Waals surface area contributed by atoms with Crippen molar-refractivity contribution >= 4 is 52.0 Å². The number of thioether (sulfide) groups is 1. The molecule has 10 heteroatoms. The van der Waals surface area contributed by atoms with Crippen molar-refractivity contribution in [3.05, 3.63) is 30.1 Å². The molecule has 1 unspecified atom stereocenters. The van der Waals surface area contributed by atoms with Crippen LogP contribution in [0.4, 0.5) is 14.9 Å². The van der Waals surface area contributed by atoms with Gasteiger partial charge in [-0.05, 0) is 29.7 Å². The summed E-state index contributed by atoms with van der Waals surface area (Å²) in [5, 5.41) is 3.11. The first kappa shape index (κ1) is 22.8. The van der Waals surface area contributed by atoms with E-state index in [1.807, 2.05) is 20.8 Å². The molecule has 0 fully saturated rings. The van der Waals surface area contributed by atoms with E-state index in [1.165, 1.54) is 35.9 Å². The van der Waals surface area contributed by atoms with Gasteiger partial charge < -0.3 is 5.32 Å². The van der Waals surface area contributed by atoms with E-state index in [0.29, 0.717) is 28.8 Å². The molecule has 8 nitrogen and oxygen atoms in total. The van der Waals surface area contributed by atoms with Crippen molar-refractivity contribution < 1.29 is 23.3 Å². The van der Waals surface area contributed by atoms with Crippen LogP contribution in [-0.2, 0) is 9.59 Å². The number of nitrogens with one attached hydrogen (secondary N) is 1. The first-order chi connectivity index (χ1) is 14.5. The molecule has 3 rings (SSSR count). The zero-order chi connectivity index (χ0) is 22.9. The summed E-state index contributed by atoms with van der Waals surface area (Å²) < 4.78 is 14.4. The van der Waals surface area contributed by atoms with Gasteiger partial charge in [0.25, 0.3) is 5.84 Å². The fourth-order valence-electron chi connectivity index (χ4n) is 3.16. The summed E-state index contributed by atoms with van der Waals surface area (Å²) in [7, 11) is 2.98. The normalized spacial score (nSPS) is 19.2. The van der Waals surface area contributed by atoms with Gasteiger partial charge in [-0.15, -0.1) is 0 Å². The predicted octanol–water partition coefficient (Wildman–Crippen LogP) is 2.99. The number of rotatable bonds is 4. The Kier molecular flexibility index (Phi) is 6.40. The second-order valence-corrected chi connectivity index (χ2v) is 9.58. The van der Waals surface area contributed by atoms with E-state index < -0.39 is 23.7 Å². The zero-order valence-electron chi connectivity index (χ0n) is 18.1. The number of nitrogens with zero attached hydrogens (tertiary/aromatic N) is 4. The Labute approximate surface area is 184 Å². The fourth-order valence-corrected chi connectivity index (χ4v) is 4.05. The van der Waals surface area contributed by atoms with Gasteiger partial charge in [-0.3, -0.25) is 9.59 Å². The van der Waals surface area contributed by atoms with Gasteiger partial charge in [0, 0.05) is 12.1 Å². The average molecular weight is 447 g/mol. The topological polar surface area (TPSA) is 94.2 Å². The van der Waals surface area contributed by atoms with Crippen LogP contribution in [0.2, 0.25) is 0 Å². The van der Waals surface area contributed by atoms with E-state index in [-0.39, 0.29) is 17.1 Å². The molecular weight excluding hydrogens is 421 g/mol. The number of amides is 4. The monoisotopic (exact) mass is 446 g/mol. The number of amidine groups is 2. The number of hydrogen-bond donors (Lipinski definition) is 1. The van der Waals surface area contributed by atoms with Crippen LogP contribution in [0, 0.1) is 17.2 Å². The van der Waals surface area contributed by atoms with Crippen molar-refractivity contribution in [1.82, 2.24) is 4.90 Å². The lowest BCUT2D eigenvalue weighted by atomic mass is 9.91. The number of hydrogen-bond acceptors (Lipinski definition) is 6. The highest BCUT2D eigenvalue weighted by Gasteiger charge is 2.49. The average Bonchev–Trinajstić information content (AvgIpc) is 2.69. The van der Waals surface area contributed by atoms with Crippen LogP contribution >= 0.6 is 11.8 Å². The summed E-state index contributed by atoms with van der Waals surface area (Å²) in [6.45, 7) is 6.12. The van der Waals surface area contributed by atoms with Gasteiger partial charge in [-0.1, -0.05) is 37.5 Å². The van der Waals surface area contributed by atoms with Crippen LogP contribution in [0.25, 0.3) is 0 Å². The van der Waals surface area contributed by atoms with E-state index in [0.717, 1.165) is 16.7 Å². The Balaban J connectivity index is 1.84. The molecule has 4 amide bonds. The van der Waals surface area contributed by atoms with E-state index >= 15 is 0 Å². The number of benzene rings is 1. The second kappa shape index (κ2) is 8.70. The van der Waals surface area contributed by atoms with Gasteiger partial charge in [-0.25, -0.2) is 14.2 Å². The standard InChI is InChI=1S/C21H24FN5O3S/c1-21(2,3)10-14-24-17-16(19(29)27(5)20(30)26(17)4)18(25-14)31-11-15(28)23-13-8-6-12(22)7-9-13/h6-9,16H,10-11H2,1-5H3/p+1. The number of fused-ring (bicyclic) bond motifs is 1. The molecule has 31 heavy (non-hydrogen) atoms. The SMILES string of the molecule is CN1C(=O)C2C(SCC(=O)Nc3ccc(F)cc3)=NC(CC(C)(C)C)=NC2=[N+](C)C1=O. The highest BCUT2D eigenvalue weighted by atomic mass is 32.2. The van der Waals surface area contributed by atoms with Crippen molar-refractivity contribution in [2.45, 2.75) is 27.2 Å². The molecule has 0 saturated carbocycles. The number of aliphatic imine (C=N–C) groups is 2. The molecule has 0 spiro atoms. The molecule has 0 radical (unpaired) electrons. The largest absolute Gasteiger partial charge is 0.445 e. The Morgan fingerprint density at radius 1 is 1.23 bits per heavy atom. The molecule has 0 aromatic heterocycles. The Bertz CT molecular complexity index is 1020. The van der Waals surface area contributed by atoms with Gasteiger partial charge in [0.15, 0.2) is 5.92 Å². The summed E-state index contributed by atoms with van der Waals surface area (Å²) in [4.78, 5) is 47.8. The minimum atomic E-state index is -0.833. The van der Waals surface area contributed by atoms with Gasteiger partial charge in [0.05, 0.1) is 19.8 Å². The van der Waals surface area contributed by atoms with Gasteiger partial charge in [-0.2, -0.15) is 9.48 Å². The van der Waals surface area contributed by atoms with Crippen LogP contribution in [0.5, 0.6) is 0 Å². The molecule has 2 aliphatic heterocycles. The molecule has 0 aliphatic carbocycles. The molecule has 1 atom stereocenters. The number of carbonyl (C=O) groups is 3. The van der Waals surface area contributed by atoms with Crippen LogP contribution in [0.15, 0.2) is 34.3 Å². The van der Waals surface area contributed by atoms with Crippen LogP contribution < -0.4 is 5.32 Å². The second-order valence-electron chi connectivity index (χ2n) is 8.59. The molecule has 1 aromatic rings. The lowest BCUT2D eigenvalue weighted by Gasteiger charge is -2.27. The van der Waals surface area contributed by atoms with Crippen molar-refractivity contribution in [3.8, 4) is 0 Å². The Hall–Kier alpha value is -2.88. The molecule has 0 saturated heterocycles. The first-order valence-electron chi connectivity index (χ1n) is 9.73. The van der Waals surface area contributed by atoms with Crippen molar-refractivity contribution in [2.24, 2.45) is 21.3 Å². The summed E-state index contributed by atoms with van der Waals surface area (Å²) >= 11 is 1.13. The predicted molar refractivity (Wildman–Crippen MR) is 119 cm³/mol. The summed E-state index contributed by atoms with van der Waals surface area (Å²) in [6.07, 6.45) is 0.543. The number of anilines is 1. The third-order valence-corrected chi connectivity index (χ3v) is 5.68. The van der Waals surface area contributed by atoms with Gasteiger partial charge in [0.1, 0.15) is 10.9 Å². The quantitative estimate of drug-likeness (QED) is 0.720. The lowest BCUT2D eigenvalue weighted by Crippen LogP contribution is -2.54. The van der Waals surface area contributed by atoms with E-state index in [1.54, 1.807) is 7.05 Å². The zero-order valence-corrected chi connectivity index (χ0v) is 18.9. The molecular formula is C21H25FN5O3S+. The summed E-state index contributed by atoms with van der Waals surface area (Å²) in [6, 6.07) is 4.99. The maximum absolute atomic E-state index is 13.0. The number of halogens is 1. The maximum atomic E-state index is 13.0. The third-order valence-electron chi connectivity index (χ3n) is 4.65. The Morgan fingerprint density at radius 2 is 1.87 bits per heavy atom. The molecule has 1 N–H and O–H groups in total. The number of imide groups is 1. The fraction of sp³-hybridized carbons (Fsp3) is 0.429. The van der Waals surface area contributed by atoms with Gasteiger partial charge >= 0.3 is 11.9 Å².